The van der Waals surface area contributed by atoms with Crippen molar-refractivity contribution < 1.29 is 33.4 Å². The van der Waals surface area contributed by atoms with Gasteiger partial charge in [0.05, 0.1) is 20.3 Å². The number of benzene rings is 1. The molecular formula is C23H34ClN3O7. The van der Waals surface area contributed by atoms with E-state index in [1.807, 2.05) is 0 Å². The van der Waals surface area contributed by atoms with Gasteiger partial charge in [0.2, 0.25) is 11.8 Å². The van der Waals surface area contributed by atoms with Crippen molar-refractivity contribution in [1.29, 1.82) is 0 Å². The minimum Gasteiger partial charge on any atom is -0.497 e. The lowest BCUT2D eigenvalue weighted by Gasteiger charge is -2.39. The number of nitrogens with zero attached hydrogens (tertiary/aromatic N) is 2. The van der Waals surface area contributed by atoms with Crippen molar-refractivity contribution >= 4 is 41.2 Å². The largest absolute Gasteiger partial charge is 0.497 e. The van der Waals surface area contributed by atoms with Crippen LogP contribution in [0.4, 0.5) is 10.5 Å². The van der Waals surface area contributed by atoms with Gasteiger partial charge in [-0.25, -0.2) is 9.59 Å². The number of esters is 1. The molecule has 0 bridgehead atoms. The zero-order valence-electron chi connectivity index (χ0n) is 20.9. The highest BCUT2D eigenvalue weighted by Crippen LogP contribution is 2.25. The van der Waals surface area contributed by atoms with Gasteiger partial charge in [0, 0.05) is 12.7 Å². The quantitative estimate of drug-likeness (QED) is 0.410. The molecule has 0 aliphatic rings. The zero-order valence-corrected chi connectivity index (χ0v) is 21.6. The number of carbonyl (C=O) groups excluding carboxylic acids is 4. The van der Waals surface area contributed by atoms with E-state index in [4.69, 9.17) is 21.1 Å². The number of ether oxygens (including phenoxy) is 3. The van der Waals surface area contributed by atoms with E-state index in [-0.39, 0.29) is 0 Å². The smallest absolute Gasteiger partial charge is 0.410 e. The molecule has 3 atom stereocenters. The van der Waals surface area contributed by atoms with Gasteiger partial charge in [-0.15, -0.1) is 11.6 Å². The molecule has 1 N–H and O–H groups in total. The Morgan fingerprint density at radius 2 is 1.62 bits per heavy atom. The first kappa shape index (κ1) is 29.0. The van der Waals surface area contributed by atoms with E-state index in [1.54, 1.807) is 52.0 Å². The lowest BCUT2D eigenvalue weighted by atomic mass is 10.0. The number of rotatable bonds is 9. The molecule has 3 amide bonds. The van der Waals surface area contributed by atoms with E-state index in [0.717, 1.165) is 0 Å². The number of halogens is 1. The summed E-state index contributed by atoms with van der Waals surface area (Å²) in [4.78, 5) is 53.4. The van der Waals surface area contributed by atoms with Crippen molar-refractivity contribution in [2.75, 3.05) is 32.0 Å². The second kappa shape index (κ2) is 12.5. The Kier molecular flexibility index (Phi) is 10.6. The van der Waals surface area contributed by atoms with Crippen LogP contribution in [0, 0.1) is 0 Å². The van der Waals surface area contributed by atoms with E-state index in [2.05, 4.69) is 10.1 Å². The summed E-state index contributed by atoms with van der Waals surface area (Å²) in [5.41, 5.74) is -0.425. The van der Waals surface area contributed by atoms with Gasteiger partial charge in [-0.1, -0.05) is 0 Å². The van der Waals surface area contributed by atoms with Crippen LogP contribution in [0.25, 0.3) is 0 Å². The second-order valence-corrected chi connectivity index (χ2v) is 8.89. The van der Waals surface area contributed by atoms with E-state index < -0.39 is 53.5 Å². The van der Waals surface area contributed by atoms with Gasteiger partial charge in [-0.05, 0) is 58.9 Å². The number of hydrogen-bond acceptors (Lipinski definition) is 7. The number of amides is 3. The van der Waals surface area contributed by atoms with Crippen LogP contribution in [0.5, 0.6) is 5.75 Å². The van der Waals surface area contributed by atoms with E-state index in [9.17, 15) is 19.2 Å². The van der Waals surface area contributed by atoms with Crippen molar-refractivity contribution in [3.05, 3.63) is 24.3 Å². The van der Waals surface area contributed by atoms with Crippen molar-refractivity contribution in [2.24, 2.45) is 0 Å². The SMILES string of the molecule is COC(=O)[C@H](C)NC(=O)[C@H]([C@H](C)N(C)C(=O)OC(C)(C)C)N(C(=O)CCl)c1ccc(OC)cc1. The van der Waals surface area contributed by atoms with Crippen LogP contribution in [-0.4, -0.2) is 79.7 Å². The molecule has 34 heavy (non-hydrogen) atoms. The normalized spacial score (nSPS) is 13.7. The Labute approximate surface area is 205 Å². The van der Waals surface area contributed by atoms with Crippen LogP contribution in [0.1, 0.15) is 34.6 Å². The van der Waals surface area contributed by atoms with Crippen LogP contribution in [0.15, 0.2) is 24.3 Å². The first-order chi connectivity index (χ1) is 15.8. The standard InChI is InChI=1S/C23H34ClN3O7/c1-14(21(30)33-8)25-20(29)19(15(2)26(6)22(31)34-23(3,4)5)27(18(28)13-24)16-9-11-17(32-7)12-10-16/h9-12,14-15,19H,13H2,1-8H3,(H,25,29)/t14-,15-,19-/m0/s1. The van der Waals surface area contributed by atoms with E-state index in [1.165, 1.54) is 38.0 Å². The Morgan fingerprint density at radius 1 is 1.06 bits per heavy atom. The highest BCUT2D eigenvalue weighted by Gasteiger charge is 2.40. The van der Waals surface area contributed by atoms with Crippen molar-refractivity contribution in [3.63, 3.8) is 0 Å². The zero-order chi connectivity index (χ0) is 26.2. The molecule has 10 nitrogen and oxygen atoms in total. The molecule has 0 fully saturated rings. The molecule has 0 aliphatic heterocycles. The predicted molar refractivity (Wildman–Crippen MR) is 128 cm³/mol. The summed E-state index contributed by atoms with van der Waals surface area (Å²) in [6.07, 6.45) is -0.688. The molecule has 1 rings (SSSR count). The Hall–Kier alpha value is -3.01. The Morgan fingerprint density at radius 3 is 2.06 bits per heavy atom. The number of anilines is 1. The Balaban J connectivity index is 3.51. The third-order valence-corrected chi connectivity index (χ3v) is 5.17. The highest BCUT2D eigenvalue weighted by molar-refractivity contribution is 6.30. The molecule has 0 saturated carbocycles. The number of likely N-dealkylation sites (N-methyl/N-ethyl adjacent to an activating group) is 1. The molecule has 0 aromatic heterocycles. The fraction of sp³-hybridized carbons (Fsp3) is 0.565. The second-order valence-electron chi connectivity index (χ2n) is 8.63. The predicted octanol–water partition coefficient (Wildman–Crippen LogP) is 2.57. The molecule has 0 radical (unpaired) electrons. The summed E-state index contributed by atoms with van der Waals surface area (Å²) >= 11 is 5.89. The summed E-state index contributed by atoms with van der Waals surface area (Å²) in [5, 5.41) is 2.55. The third kappa shape index (κ3) is 7.79. The number of nitrogens with one attached hydrogen (secondary N) is 1. The van der Waals surface area contributed by atoms with Gasteiger partial charge in [0.25, 0.3) is 0 Å². The first-order valence-corrected chi connectivity index (χ1v) is 11.2. The van der Waals surface area contributed by atoms with Gasteiger partial charge in [-0.3, -0.25) is 14.5 Å². The molecule has 190 valence electrons. The lowest BCUT2D eigenvalue weighted by molar-refractivity contribution is -0.144. The molecule has 0 aliphatic carbocycles. The van der Waals surface area contributed by atoms with Gasteiger partial charge < -0.3 is 24.4 Å². The average Bonchev–Trinajstić information content (AvgIpc) is 2.79. The van der Waals surface area contributed by atoms with Crippen LogP contribution in [0.2, 0.25) is 0 Å². The van der Waals surface area contributed by atoms with E-state index in [0.29, 0.717) is 11.4 Å². The third-order valence-electron chi connectivity index (χ3n) is 4.94. The Bertz CT molecular complexity index is 870. The lowest BCUT2D eigenvalue weighted by Crippen LogP contribution is -2.61. The first-order valence-electron chi connectivity index (χ1n) is 10.6. The molecule has 1 aromatic carbocycles. The van der Waals surface area contributed by atoms with Crippen LogP contribution in [0.3, 0.4) is 0 Å². The molecular weight excluding hydrogens is 466 g/mol. The van der Waals surface area contributed by atoms with Gasteiger partial charge >= 0.3 is 12.1 Å². The van der Waals surface area contributed by atoms with Gasteiger partial charge in [0.15, 0.2) is 0 Å². The van der Waals surface area contributed by atoms with Gasteiger partial charge in [0.1, 0.15) is 29.3 Å². The summed E-state index contributed by atoms with van der Waals surface area (Å²) in [6.45, 7) is 8.18. The van der Waals surface area contributed by atoms with Crippen LogP contribution < -0.4 is 15.0 Å². The summed E-state index contributed by atoms with van der Waals surface area (Å²) in [5.74, 6) is -1.82. The maximum absolute atomic E-state index is 13.4. The monoisotopic (exact) mass is 499 g/mol. The van der Waals surface area contributed by atoms with E-state index >= 15 is 0 Å². The fourth-order valence-electron chi connectivity index (χ4n) is 3.07. The van der Waals surface area contributed by atoms with Crippen molar-refractivity contribution in [3.8, 4) is 5.75 Å². The molecule has 1 aromatic rings. The maximum atomic E-state index is 13.4. The number of alkyl halides is 1. The van der Waals surface area contributed by atoms with Crippen molar-refractivity contribution in [2.45, 2.75) is 58.3 Å². The number of carbonyl (C=O) groups is 4. The summed E-state index contributed by atoms with van der Waals surface area (Å²) in [7, 11) is 4.15. The molecule has 0 heterocycles. The number of methoxy groups -OCH3 is 2. The maximum Gasteiger partial charge on any atom is 0.410 e. The molecule has 11 heteroatoms. The van der Waals surface area contributed by atoms with Crippen molar-refractivity contribution in [1.82, 2.24) is 10.2 Å². The average molecular weight is 500 g/mol. The molecule has 0 unspecified atom stereocenters. The van der Waals surface area contributed by atoms with Crippen LogP contribution >= 0.6 is 11.6 Å². The minimum absolute atomic E-state index is 0.349. The highest BCUT2D eigenvalue weighted by atomic mass is 35.5. The topological polar surface area (TPSA) is 114 Å². The fourth-order valence-corrected chi connectivity index (χ4v) is 3.19. The summed E-state index contributed by atoms with van der Waals surface area (Å²) < 4.78 is 15.3. The van der Waals surface area contributed by atoms with Gasteiger partial charge in [-0.2, -0.15) is 0 Å². The molecule has 0 spiro atoms. The summed E-state index contributed by atoms with van der Waals surface area (Å²) in [6, 6.07) is 3.29. The molecule has 0 saturated heterocycles. The minimum atomic E-state index is -1.26. The number of hydrogen-bond donors (Lipinski definition) is 1. The van der Waals surface area contributed by atoms with Crippen LogP contribution in [-0.2, 0) is 23.9 Å².